The van der Waals surface area contributed by atoms with Crippen LogP contribution in [0.25, 0.3) is 0 Å². The molecule has 3 aromatic rings. The molecule has 0 aliphatic carbocycles. The van der Waals surface area contributed by atoms with Gasteiger partial charge in [-0.15, -0.1) is 0 Å². The highest BCUT2D eigenvalue weighted by atomic mass is 35.5. The first kappa shape index (κ1) is 19.0. The molecule has 27 heavy (non-hydrogen) atoms. The number of carbonyl (C=O) groups excluding carboxylic acids is 2. The number of hydrogen-bond acceptors (Lipinski definition) is 4. The zero-order valence-electron chi connectivity index (χ0n) is 14.0. The molecule has 3 aromatic carbocycles. The quantitative estimate of drug-likeness (QED) is 0.414. The van der Waals surface area contributed by atoms with E-state index in [1.807, 2.05) is 30.3 Å². The molecule has 3 rings (SSSR count). The number of carbonyl (C=O) groups is 2. The zero-order chi connectivity index (χ0) is 19.2. The minimum Gasteiger partial charge on any atom is -0.457 e. The molecule has 0 radical (unpaired) electrons. The van der Waals surface area contributed by atoms with Gasteiger partial charge in [-0.3, -0.25) is 0 Å². The molecule has 0 spiro atoms. The lowest BCUT2D eigenvalue weighted by molar-refractivity contribution is 0.0472. The second kappa shape index (κ2) is 8.71. The van der Waals surface area contributed by atoms with Gasteiger partial charge in [-0.05, 0) is 48.0 Å². The maximum absolute atomic E-state index is 12.1. The molecule has 4 nitrogen and oxygen atoms in total. The summed E-state index contributed by atoms with van der Waals surface area (Å²) in [5, 5.41) is 0.620. The maximum Gasteiger partial charge on any atom is 0.343 e. The largest absolute Gasteiger partial charge is 0.457 e. The number of halogens is 2. The summed E-state index contributed by atoms with van der Waals surface area (Å²) in [4.78, 5) is 24.2. The topological polar surface area (TPSA) is 52.6 Å². The standard InChI is InChI=1S/C21H14Cl2O4/c22-18-11-8-16(12-19(18)23)21(25)27-17-9-6-15(7-10-17)20(24)26-13-14-4-2-1-3-5-14/h1-12H,13H2. The van der Waals surface area contributed by atoms with Crippen molar-refractivity contribution in [2.24, 2.45) is 0 Å². The molecule has 0 atom stereocenters. The summed E-state index contributed by atoms with van der Waals surface area (Å²) in [6.07, 6.45) is 0. The molecular formula is C21H14Cl2O4. The van der Waals surface area contributed by atoms with Gasteiger partial charge in [0, 0.05) is 0 Å². The summed E-state index contributed by atoms with van der Waals surface area (Å²) < 4.78 is 10.5. The zero-order valence-corrected chi connectivity index (χ0v) is 15.5. The Morgan fingerprint density at radius 1 is 0.741 bits per heavy atom. The maximum atomic E-state index is 12.1. The third kappa shape index (κ3) is 5.09. The highest BCUT2D eigenvalue weighted by molar-refractivity contribution is 6.42. The van der Waals surface area contributed by atoms with Crippen LogP contribution in [-0.2, 0) is 11.3 Å². The lowest BCUT2D eigenvalue weighted by atomic mass is 10.2. The molecule has 0 saturated carbocycles. The predicted molar refractivity (Wildman–Crippen MR) is 103 cm³/mol. The van der Waals surface area contributed by atoms with E-state index in [1.54, 1.807) is 0 Å². The Morgan fingerprint density at radius 2 is 1.41 bits per heavy atom. The number of hydrogen-bond donors (Lipinski definition) is 0. The van der Waals surface area contributed by atoms with Crippen molar-refractivity contribution < 1.29 is 19.1 Å². The van der Waals surface area contributed by atoms with Crippen LogP contribution in [0.5, 0.6) is 5.75 Å². The minimum atomic E-state index is -0.576. The molecule has 0 saturated heterocycles. The Bertz CT molecular complexity index is 954. The Kier molecular flexibility index (Phi) is 6.12. The van der Waals surface area contributed by atoms with E-state index in [9.17, 15) is 9.59 Å². The van der Waals surface area contributed by atoms with Gasteiger partial charge in [0.25, 0.3) is 0 Å². The van der Waals surface area contributed by atoms with E-state index >= 15 is 0 Å². The van der Waals surface area contributed by atoms with Gasteiger partial charge in [-0.2, -0.15) is 0 Å². The lowest BCUT2D eigenvalue weighted by Crippen LogP contribution is -2.09. The molecule has 6 heteroatoms. The summed E-state index contributed by atoms with van der Waals surface area (Å²) >= 11 is 11.7. The Labute approximate surface area is 166 Å². The predicted octanol–water partition coefficient (Wildman–Crippen LogP) is 5.57. The number of rotatable bonds is 5. The summed E-state index contributed by atoms with van der Waals surface area (Å²) in [6.45, 7) is 0.188. The van der Waals surface area contributed by atoms with Crippen LogP contribution in [-0.4, -0.2) is 11.9 Å². The fourth-order valence-corrected chi connectivity index (χ4v) is 2.55. The van der Waals surface area contributed by atoms with Crippen LogP contribution in [0.4, 0.5) is 0 Å². The smallest absolute Gasteiger partial charge is 0.343 e. The van der Waals surface area contributed by atoms with Crippen molar-refractivity contribution in [3.8, 4) is 5.75 Å². The van der Waals surface area contributed by atoms with Crippen molar-refractivity contribution in [3.63, 3.8) is 0 Å². The molecule has 0 bridgehead atoms. The SMILES string of the molecule is O=C(OCc1ccccc1)c1ccc(OC(=O)c2ccc(Cl)c(Cl)c2)cc1. The molecule has 0 amide bonds. The van der Waals surface area contributed by atoms with Crippen LogP contribution in [0.15, 0.2) is 72.8 Å². The van der Waals surface area contributed by atoms with E-state index in [-0.39, 0.29) is 17.2 Å². The van der Waals surface area contributed by atoms with E-state index in [0.717, 1.165) is 5.56 Å². The van der Waals surface area contributed by atoms with Gasteiger partial charge in [-0.1, -0.05) is 53.5 Å². The first-order valence-electron chi connectivity index (χ1n) is 8.01. The first-order valence-corrected chi connectivity index (χ1v) is 8.77. The van der Waals surface area contributed by atoms with Crippen molar-refractivity contribution in [1.82, 2.24) is 0 Å². The number of ether oxygens (including phenoxy) is 2. The van der Waals surface area contributed by atoms with Crippen LogP contribution in [0.1, 0.15) is 26.3 Å². The third-order valence-corrected chi connectivity index (χ3v) is 4.41. The van der Waals surface area contributed by atoms with Crippen LogP contribution >= 0.6 is 23.2 Å². The van der Waals surface area contributed by atoms with Gasteiger partial charge < -0.3 is 9.47 Å². The Morgan fingerprint density at radius 3 is 2.07 bits per heavy atom. The second-order valence-electron chi connectivity index (χ2n) is 5.60. The lowest BCUT2D eigenvalue weighted by Gasteiger charge is -2.07. The van der Waals surface area contributed by atoms with E-state index < -0.39 is 11.9 Å². The van der Waals surface area contributed by atoms with Crippen molar-refractivity contribution in [2.45, 2.75) is 6.61 Å². The van der Waals surface area contributed by atoms with Crippen LogP contribution in [0, 0.1) is 0 Å². The molecule has 0 aliphatic rings. The number of benzene rings is 3. The molecule has 0 aliphatic heterocycles. The molecule has 0 N–H and O–H groups in total. The van der Waals surface area contributed by atoms with E-state index in [1.165, 1.54) is 42.5 Å². The first-order chi connectivity index (χ1) is 13.0. The average molecular weight is 401 g/mol. The summed E-state index contributed by atoms with van der Waals surface area (Å²) in [5.41, 5.74) is 1.54. The van der Waals surface area contributed by atoms with Gasteiger partial charge in [0.15, 0.2) is 0 Å². The van der Waals surface area contributed by atoms with Gasteiger partial charge in [-0.25, -0.2) is 9.59 Å². The van der Waals surface area contributed by atoms with E-state index in [2.05, 4.69) is 0 Å². The van der Waals surface area contributed by atoms with E-state index in [0.29, 0.717) is 16.3 Å². The monoisotopic (exact) mass is 400 g/mol. The Balaban J connectivity index is 1.60. The summed E-state index contributed by atoms with van der Waals surface area (Å²) in [5.74, 6) is -0.736. The van der Waals surface area contributed by atoms with Gasteiger partial charge >= 0.3 is 11.9 Å². The van der Waals surface area contributed by atoms with Crippen LogP contribution in [0.3, 0.4) is 0 Å². The van der Waals surface area contributed by atoms with Crippen molar-refractivity contribution in [2.75, 3.05) is 0 Å². The van der Waals surface area contributed by atoms with Crippen molar-refractivity contribution in [1.29, 1.82) is 0 Å². The highest BCUT2D eigenvalue weighted by Gasteiger charge is 2.12. The van der Waals surface area contributed by atoms with Crippen LogP contribution < -0.4 is 4.74 Å². The fourth-order valence-electron chi connectivity index (χ4n) is 2.25. The summed E-state index contributed by atoms with van der Waals surface area (Å²) in [6, 6.07) is 20.0. The van der Waals surface area contributed by atoms with Crippen molar-refractivity contribution >= 4 is 35.1 Å². The summed E-state index contributed by atoms with van der Waals surface area (Å²) in [7, 11) is 0. The van der Waals surface area contributed by atoms with Gasteiger partial charge in [0.2, 0.25) is 0 Å². The minimum absolute atomic E-state index is 0.188. The van der Waals surface area contributed by atoms with Gasteiger partial charge in [0.1, 0.15) is 12.4 Å². The average Bonchev–Trinajstić information content (AvgIpc) is 2.69. The van der Waals surface area contributed by atoms with E-state index in [4.69, 9.17) is 32.7 Å². The fraction of sp³-hybridized carbons (Fsp3) is 0.0476. The molecule has 0 unspecified atom stereocenters. The molecular weight excluding hydrogens is 387 g/mol. The second-order valence-corrected chi connectivity index (χ2v) is 6.42. The third-order valence-electron chi connectivity index (χ3n) is 3.67. The normalized spacial score (nSPS) is 10.3. The molecule has 136 valence electrons. The Hall–Kier alpha value is -2.82. The molecule has 0 heterocycles. The van der Waals surface area contributed by atoms with Gasteiger partial charge in [0.05, 0.1) is 21.2 Å². The van der Waals surface area contributed by atoms with Crippen LogP contribution in [0.2, 0.25) is 10.0 Å². The highest BCUT2D eigenvalue weighted by Crippen LogP contribution is 2.23. The molecule has 0 aromatic heterocycles. The molecule has 0 fully saturated rings. The van der Waals surface area contributed by atoms with Crippen molar-refractivity contribution in [3.05, 3.63) is 99.5 Å². The number of esters is 2.